The molecule has 168 valence electrons. The summed E-state index contributed by atoms with van der Waals surface area (Å²) in [6.45, 7) is 2.67. The number of amides is 2. The number of thioether (sulfide) groups is 1. The Morgan fingerprint density at radius 1 is 1.19 bits per heavy atom. The maximum atomic E-state index is 12.9. The van der Waals surface area contributed by atoms with Crippen molar-refractivity contribution in [1.82, 2.24) is 15.3 Å². The second-order valence-corrected chi connectivity index (χ2v) is 8.35. The normalized spacial score (nSPS) is 18.4. The van der Waals surface area contributed by atoms with Gasteiger partial charge in [-0.25, -0.2) is 5.01 Å². The molecule has 1 aromatic rings. The summed E-state index contributed by atoms with van der Waals surface area (Å²) >= 11 is 6.56. The zero-order valence-electron chi connectivity index (χ0n) is 17.6. The fourth-order valence-electron chi connectivity index (χ4n) is 3.15. The summed E-state index contributed by atoms with van der Waals surface area (Å²) < 4.78 is 21.7. The largest absolute Gasteiger partial charge is 0.493 e. The summed E-state index contributed by atoms with van der Waals surface area (Å²) in [5, 5.41) is 1.82. The first-order valence-electron chi connectivity index (χ1n) is 9.64. The maximum Gasteiger partial charge on any atom is 0.266 e. The SMILES string of the molecule is COc1cc(/C=C2/SC(=S)N(CCC(=O)NN3CCOCC3)C2=O)cc(OC)c1OC. The van der Waals surface area contributed by atoms with Crippen molar-refractivity contribution in [2.45, 2.75) is 6.42 Å². The highest BCUT2D eigenvalue weighted by atomic mass is 32.2. The van der Waals surface area contributed by atoms with Gasteiger partial charge >= 0.3 is 0 Å². The Balaban J connectivity index is 1.67. The van der Waals surface area contributed by atoms with E-state index in [0.29, 0.717) is 58.3 Å². The highest BCUT2D eigenvalue weighted by molar-refractivity contribution is 8.26. The molecule has 3 rings (SSSR count). The van der Waals surface area contributed by atoms with Crippen LogP contribution in [0.5, 0.6) is 17.2 Å². The van der Waals surface area contributed by atoms with Crippen LogP contribution < -0.4 is 19.6 Å². The number of rotatable bonds is 8. The molecule has 1 N–H and O–H groups in total. The van der Waals surface area contributed by atoms with Crippen LogP contribution in [-0.4, -0.2) is 80.2 Å². The molecule has 0 atom stereocenters. The van der Waals surface area contributed by atoms with Crippen LogP contribution in [0.25, 0.3) is 6.08 Å². The van der Waals surface area contributed by atoms with Crippen LogP contribution in [-0.2, 0) is 14.3 Å². The fraction of sp³-hybridized carbons (Fsp3) is 0.450. The number of hydrazine groups is 1. The van der Waals surface area contributed by atoms with Crippen molar-refractivity contribution >= 4 is 46.2 Å². The summed E-state index contributed by atoms with van der Waals surface area (Å²) in [7, 11) is 4.59. The summed E-state index contributed by atoms with van der Waals surface area (Å²) in [6.07, 6.45) is 1.87. The van der Waals surface area contributed by atoms with E-state index in [-0.39, 0.29) is 24.8 Å². The number of benzene rings is 1. The number of ether oxygens (including phenoxy) is 4. The fourth-order valence-corrected chi connectivity index (χ4v) is 4.46. The number of thiocarbonyl (C=S) groups is 1. The molecule has 0 radical (unpaired) electrons. The highest BCUT2D eigenvalue weighted by Crippen LogP contribution is 2.40. The molecule has 2 saturated heterocycles. The van der Waals surface area contributed by atoms with Crippen molar-refractivity contribution < 1.29 is 28.5 Å². The Bertz CT molecular complexity index is 861. The first kappa shape index (κ1) is 23.3. The minimum atomic E-state index is -0.233. The monoisotopic (exact) mass is 467 g/mol. The van der Waals surface area contributed by atoms with E-state index in [4.69, 9.17) is 31.2 Å². The quantitative estimate of drug-likeness (QED) is 0.453. The average Bonchev–Trinajstić information content (AvgIpc) is 3.04. The zero-order chi connectivity index (χ0) is 22.4. The Kier molecular flexibility index (Phi) is 8.13. The highest BCUT2D eigenvalue weighted by Gasteiger charge is 2.32. The van der Waals surface area contributed by atoms with Crippen LogP contribution in [0.15, 0.2) is 17.0 Å². The van der Waals surface area contributed by atoms with E-state index in [1.807, 2.05) is 5.01 Å². The second-order valence-electron chi connectivity index (χ2n) is 6.68. The van der Waals surface area contributed by atoms with Crippen LogP contribution in [0.4, 0.5) is 0 Å². The number of methoxy groups -OCH3 is 3. The molecule has 9 nitrogen and oxygen atoms in total. The van der Waals surface area contributed by atoms with E-state index in [0.717, 1.165) is 0 Å². The third kappa shape index (κ3) is 5.67. The summed E-state index contributed by atoms with van der Waals surface area (Å²) in [5.74, 6) is 1.06. The van der Waals surface area contributed by atoms with Crippen molar-refractivity contribution in [3.05, 3.63) is 22.6 Å². The van der Waals surface area contributed by atoms with Gasteiger partial charge in [0.25, 0.3) is 5.91 Å². The van der Waals surface area contributed by atoms with E-state index in [9.17, 15) is 9.59 Å². The first-order valence-corrected chi connectivity index (χ1v) is 10.9. The van der Waals surface area contributed by atoms with Gasteiger partial charge in [0.15, 0.2) is 11.5 Å². The lowest BCUT2D eigenvalue weighted by Crippen LogP contribution is -2.49. The molecule has 2 amide bonds. The topological polar surface area (TPSA) is 89.6 Å². The Morgan fingerprint density at radius 3 is 2.42 bits per heavy atom. The van der Waals surface area contributed by atoms with Gasteiger partial charge in [0.1, 0.15) is 4.32 Å². The average molecular weight is 468 g/mol. The smallest absolute Gasteiger partial charge is 0.266 e. The van der Waals surface area contributed by atoms with Gasteiger partial charge in [0, 0.05) is 26.1 Å². The molecule has 0 spiro atoms. The molecule has 1 aromatic carbocycles. The molecule has 0 aromatic heterocycles. The van der Waals surface area contributed by atoms with Gasteiger partial charge in [-0.15, -0.1) is 0 Å². The van der Waals surface area contributed by atoms with Crippen LogP contribution in [0, 0.1) is 0 Å². The first-order chi connectivity index (χ1) is 15.0. The molecule has 2 aliphatic heterocycles. The lowest BCUT2D eigenvalue weighted by Gasteiger charge is -2.27. The molecule has 0 aliphatic carbocycles. The van der Waals surface area contributed by atoms with Gasteiger partial charge in [0.05, 0.1) is 39.4 Å². The summed E-state index contributed by atoms with van der Waals surface area (Å²) in [5.41, 5.74) is 3.54. The van der Waals surface area contributed by atoms with Crippen molar-refractivity contribution in [2.75, 3.05) is 54.2 Å². The predicted molar refractivity (Wildman–Crippen MR) is 121 cm³/mol. The Hall–Kier alpha value is -2.34. The van der Waals surface area contributed by atoms with Gasteiger partial charge in [-0.2, -0.15) is 0 Å². The molecule has 31 heavy (non-hydrogen) atoms. The molecule has 0 bridgehead atoms. The molecule has 11 heteroatoms. The van der Waals surface area contributed by atoms with Crippen molar-refractivity contribution in [1.29, 1.82) is 0 Å². The van der Waals surface area contributed by atoms with Gasteiger partial charge in [-0.3, -0.25) is 19.9 Å². The number of nitrogens with zero attached hydrogens (tertiary/aromatic N) is 2. The molecular formula is C20H25N3O6S2. The third-order valence-electron chi connectivity index (χ3n) is 4.71. The second kappa shape index (κ2) is 10.8. The van der Waals surface area contributed by atoms with Crippen LogP contribution in [0.2, 0.25) is 0 Å². The van der Waals surface area contributed by atoms with Crippen molar-refractivity contribution in [3.63, 3.8) is 0 Å². The maximum absolute atomic E-state index is 12.9. The van der Waals surface area contributed by atoms with Crippen LogP contribution >= 0.6 is 24.0 Å². The van der Waals surface area contributed by atoms with Crippen molar-refractivity contribution in [2.24, 2.45) is 0 Å². The number of morpholine rings is 1. The lowest BCUT2D eigenvalue weighted by atomic mass is 10.1. The number of hydrogen-bond acceptors (Lipinski definition) is 9. The molecule has 0 saturated carbocycles. The van der Waals surface area contributed by atoms with E-state index in [1.54, 1.807) is 18.2 Å². The zero-order valence-corrected chi connectivity index (χ0v) is 19.3. The predicted octanol–water partition coefficient (Wildman–Crippen LogP) is 1.67. The molecular weight excluding hydrogens is 442 g/mol. The number of carbonyl (C=O) groups excluding carboxylic acids is 2. The van der Waals surface area contributed by atoms with E-state index < -0.39 is 0 Å². The number of carbonyl (C=O) groups is 2. The molecule has 2 fully saturated rings. The standard InChI is InChI=1S/C20H25N3O6S2/c1-26-14-10-13(11-15(27-2)18(14)28-3)12-16-19(25)23(20(30)31-16)5-4-17(24)21-22-6-8-29-9-7-22/h10-12H,4-9H2,1-3H3,(H,21,24)/b16-12+. The van der Waals surface area contributed by atoms with Gasteiger partial charge in [0.2, 0.25) is 11.7 Å². The molecule has 2 heterocycles. The van der Waals surface area contributed by atoms with E-state index >= 15 is 0 Å². The minimum Gasteiger partial charge on any atom is -0.493 e. The van der Waals surface area contributed by atoms with Crippen molar-refractivity contribution in [3.8, 4) is 17.2 Å². The Morgan fingerprint density at radius 2 is 1.84 bits per heavy atom. The van der Waals surface area contributed by atoms with Gasteiger partial charge in [-0.1, -0.05) is 24.0 Å². The summed E-state index contributed by atoms with van der Waals surface area (Å²) in [6, 6.07) is 3.51. The number of nitrogens with one attached hydrogen (secondary N) is 1. The van der Waals surface area contributed by atoms with Gasteiger partial charge < -0.3 is 18.9 Å². The van der Waals surface area contributed by atoms with Crippen LogP contribution in [0.1, 0.15) is 12.0 Å². The molecule has 2 aliphatic rings. The van der Waals surface area contributed by atoms with Crippen LogP contribution in [0.3, 0.4) is 0 Å². The third-order valence-corrected chi connectivity index (χ3v) is 6.09. The molecule has 0 unspecified atom stereocenters. The lowest BCUT2D eigenvalue weighted by molar-refractivity contribution is -0.128. The van der Waals surface area contributed by atoms with Gasteiger partial charge in [-0.05, 0) is 23.8 Å². The summed E-state index contributed by atoms with van der Waals surface area (Å²) in [4.78, 5) is 27.0. The van der Waals surface area contributed by atoms with E-state index in [1.165, 1.54) is 38.0 Å². The Labute approximate surface area is 190 Å². The van der Waals surface area contributed by atoms with E-state index in [2.05, 4.69) is 5.43 Å². The minimum absolute atomic E-state index is 0.154. The number of hydrogen-bond donors (Lipinski definition) is 1.